The fourth-order valence-corrected chi connectivity index (χ4v) is 3.23. The normalized spacial score (nSPS) is 14.2. The molecule has 0 fully saturated rings. The van der Waals surface area contributed by atoms with Crippen molar-refractivity contribution in [2.75, 3.05) is 14.1 Å². The number of carbonyl (C=O) groups excluding carboxylic acids is 1. The molecular formula is C21H24N2O. The van der Waals surface area contributed by atoms with Gasteiger partial charge in [-0.25, -0.2) is 0 Å². The van der Waals surface area contributed by atoms with Crippen molar-refractivity contribution >= 4 is 5.91 Å². The summed E-state index contributed by atoms with van der Waals surface area (Å²) in [6, 6.07) is 22.3. The Kier molecular flexibility index (Phi) is 5.76. The Labute approximate surface area is 144 Å². The molecule has 2 aromatic carbocycles. The smallest absolute Gasteiger partial charge is 0.222 e. The van der Waals surface area contributed by atoms with Gasteiger partial charge in [0.25, 0.3) is 0 Å². The van der Waals surface area contributed by atoms with Crippen LogP contribution < -0.4 is 0 Å². The van der Waals surface area contributed by atoms with E-state index in [2.05, 4.69) is 6.07 Å². The Morgan fingerprint density at radius 2 is 1.62 bits per heavy atom. The van der Waals surface area contributed by atoms with Gasteiger partial charge in [-0.15, -0.1) is 0 Å². The van der Waals surface area contributed by atoms with Gasteiger partial charge in [0.05, 0.1) is 11.5 Å². The van der Waals surface area contributed by atoms with Crippen molar-refractivity contribution in [1.82, 2.24) is 4.90 Å². The predicted octanol–water partition coefficient (Wildman–Crippen LogP) is 4.12. The summed E-state index contributed by atoms with van der Waals surface area (Å²) in [7, 11) is 3.51. The first kappa shape index (κ1) is 17.7. The van der Waals surface area contributed by atoms with Crippen LogP contribution in [-0.4, -0.2) is 24.9 Å². The zero-order chi connectivity index (χ0) is 17.6. The molecule has 24 heavy (non-hydrogen) atoms. The number of amides is 1. The van der Waals surface area contributed by atoms with E-state index in [4.69, 9.17) is 0 Å². The van der Waals surface area contributed by atoms with Gasteiger partial charge in [0.15, 0.2) is 0 Å². The average Bonchev–Trinajstić information content (AvgIpc) is 2.63. The van der Waals surface area contributed by atoms with Gasteiger partial charge < -0.3 is 4.90 Å². The summed E-state index contributed by atoms with van der Waals surface area (Å²) >= 11 is 0. The Balaban J connectivity index is 2.58. The number of nitriles is 1. The molecule has 0 unspecified atom stereocenters. The third-order valence-electron chi connectivity index (χ3n) is 4.72. The largest absolute Gasteiger partial charge is 0.349 e. The first-order valence-corrected chi connectivity index (χ1v) is 8.27. The molecule has 2 aromatic rings. The molecule has 124 valence electrons. The SMILES string of the molecule is CC[C@](C#N)(c1ccccc1)[C@@H](CC(=O)N(C)C)c1ccccc1. The highest BCUT2D eigenvalue weighted by Crippen LogP contribution is 2.43. The lowest BCUT2D eigenvalue weighted by Gasteiger charge is -2.35. The number of hydrogen-bond acceptors (Lipinski definition) is 2. The van der Waals surface area contributed by atoms with Gasteiger partial charge in [-0.1, -0.05) is 67.6 Å². The van der Waals surface area contributed by atoms with Crippen LogP contribution in [0.3, 0.4) is 0 Å². The lowest BCUT2D eigenvalue weighted by Crippen LogP contribution is -2.35. The van der Waals surface area contributed by atoms with Gasteiger partial charge in [-0.3, -0.25) is 4.79 Å². The van der Waals surface area contributed by atoms with Gasteiger partial charge in [-0.05, 0) is 17.5 Å². The molecule has 2 rings (SSSR count). The van der Waals surface area contributed by atoms with Gasteiger partial charge >= 0.3 is 0 Å². The monoisotopic (exact) mass is 320 g/mol. The van der Waals surface area contributed by atoms with E-state index in [9.17, 15) is 10.1 Å². The molecule has 2 atom stereocenters. The van der Waals surface area contributed by atoms with Crippen molar-refractivity contribution in [1.29, 1.82) is 5.26 Å². The molecule has 0 aliphatic heterocycles. The van der Waals surface area contributed by atoms with E-state index in [0.717, 1.165) is 11.1 Å². The summed E-state index contributed by atoms with van der Waals surface area (Å²) in [6.45, 7) is 2.02. The van der Waals surface area contributed by atoms with Crippen LogP contribution in [0.1, 0.15) is 36.8 Å². The van der Waals surface area contributed by atoms with Crippen LogP contribution in [0, 0.1) is 11.3 Å². The fraction of sp³-hybridized carbons (Fsp3) is 0.333. The van der Waals surface area contributed by atoms with Crippen molar-refractivity contribution in [3.05, 3.63) is 71.8 Å². The van der Waals surface area contributed by atoms with Gasteiger partial charge in [-0.2, -0.15) is 5.26 Å². The number of hydrogen-bond donors (Lipinski definition) is 0. The zero-order valence-electron chi connectivity index (χ0n) is 14.6. The van der Waals surface area contributed by atoms with Crippen molar-refractivity contribution in [3.63, 3.8) is 0 Å². The molecule has 0 aliphatic rings. The third-order valence-corrected chi connectivity index (χ3v) is 4.72. The molecule has 0 bridgehead atoms. The molecule has 0 aliphatic carbocycles. The van der Waals surface area contributed by atoms with Gasteiger partial charge in [0, 0.05) is 26.4 Å². The second kappa shape index (κ2) is 7.79. The van der Waals surface area contributed by atoms with Crippen molar-refractivity contribution < 1.29 is 4.79 Å². The van der Waals surface area contributed by atoms with Gasteiger partial charge in [0.2, 0.25) is 5.91 Å². The second-order valence-electron chi connectivity index (χ2n) is 6.26. The summed E-state index contributed by atoms with van der Waals surface area (Å²) in [5.74, 6) is -0.154. The van der Waals surface area contributed by atoms with E-state index >= 15 is 0 Å². The lowest BCUT2D eigenvalue weighted by molar-refractivity contribution is -0.129. The van der Waals surface area contributed by atoms with E-state index in [1.807, 2.05) is 67.6 Å². The molecule has 1 amide bonds. The quantitative estimate of drug-likeness (QED) is 0.803. The fourth-order valence-electron chi connectivity index (χ4n) is 3.23. The lowest BCUT2D eigenvalue weighted by atomic mass is 9.65. The highest BCUT2D eigenvalue weighted by molar-refractivity contribution is 5.77. The molecule has 0 spiro atoms. The summed E-state index contributed by atoms with van der Waals surface area (Å²) in [5, 5.41) is 10.1. The van der Waals surface area contributed by atoms with Crippen molar-refractivity contribution in [3.8, 4) is 6.07 Å². The predicted molar refractivity (Wildman–Crippen MR) is 96.5 cm³/mol. The molecule has 0 radical (unpaired) electrons. The second-order valence-corrected chi connectivity index (χ2v) is 6.26. The van der Waals surface area contributed by atoms with Gasteiger partial charge in [0.1, 0.15) is 0 Å². The highest BCUT2D eigenvalue weighted by Gasteiger charge is 2.41. The molecule has 0 heterocycles. The van der Waals surface area contributed by atoms with E-state index in [1.54, 1.807) is 19.0 Å². The summed E-state index contributed by atoms with van der Waals surface area (Å²) < 4.78 is 0. The Morgan fingerprint density at radius 1 is 1.08 bits per heavy atom. The average molecular weight is 320 g/mol. The van der Waals surface area contributed by atoms with Crippen LogP contribution >= 0.6 is 0 Å². The molecule has 0 N–H and O–H groups in total. The minimum atomic E-state index is -0.728. The highest BCUT2D eigenvalue weighted by atomic mass is 16.2. The standard InChI is InChI=1S/C21H24N2O/c1-4-21(16-22,18-13-9-6-10-14-18)19(15-20(24)23(2)3)17-11-7-5-8-12-17/h5-14,19H,4,15H2,1-3H3/t19-,21-/m0/s1. The van der Waals surface area contributed by atoms with Crippen molar-refractivity contribution in [2.45, 2.75) is 31.1 Å². The molecule has 0 saturated heterocycles. The molecule has 0 aromatic heterocycles. The van der Waals surface area contributed by atoms with Crippen LogP contribution in [0.25, 0.3) is 0 Å². The first-order chi connectivity index (χ1) is 11.5. The zero-order valence-corrected chi connectivity index (χ0v) is 14.6. The molecular weight excluding hydrogens is 296 g/mol. The third kappa shape index (κ3) is 3.49. The first-order valence-electron chi connectivity index (χ1n) is 8.27. The van der Waals surface area contributed by atoms with Crippen LogP contribution in [0.2, 0.25) is 0 Å². The van der Waals surface area contributed by atoms with E-state index in [-0.39, 0.29) is 11.8 Å². The molecule has 3 nitrogen and oxygen atoms in total. The number of nitrogens with zero attached hydrogens (tertiary/aromatic N) is 2. The molecule has 0 saturated carbocycles. The van der Waals surface area contributed by atoms with Crippen LogP contribution in [0.15, 0.2) is 60.7 Å². The topological polar surface area (TPSA) is 44.1 Å². The minimum absolute atomic E-state index is 0.0351. The maximum absolute atomic E-state index is 12.5. The maximum atomic E-state index is 12.5. The van der Waals surface area contributed by atoms with Crippen molar-refractivity contribution in [2.24, 2.45) is 0 Å². The number of rotatable bonds is 6. The number of carbonyl (C=O) groups is 1. The van der Waals surface area contributed by atoms with Crippen LogP contribution in [-0.2, 0) is 10.2 Å². The Morgan fingerprint density at radius 3 is 2.08 bits per heavy atom. The van der Waals surface area contributed by atoms with E-state index < -0.39 is 5.41 Å². The van der Waals surface area contributed by atoms with E-state index in [1.165, 1.54) is 0 Å². The van der Waals surface area contributed by atoms with Crippen LogP contribution in [0.5, 0.6) is 0 Å². The summed E-state index contributed by atoms with van der Waals surface area (Å²) in [5.41, 5.74) is 1.27. The number of benzene rings is 2. The van der Waals surface area contributed by atoms with E-state index in [0.29, 0.717) is 12.8 Å². The molecule has 3 heteroatoms. The minimum Gasteiger partial charge on any atom is -0.349 e. The maximum Gasteiger partial charge on any atom is 0.222 e. The van der Waals surface area contributed by atoms with Crippen LogP contribution in [0.4, 0.5) is 0 Å². The Hall–Kier alpha value is -2.60. The summed E-state index contributed by atoms with van der Waals surface area (Å²) in [4.78, 5) is 14.0. The Bertz CT molecular complexity index is 704. The summed E-state index contributed by atoms with van der Waals surface area (Å²) in [6.07, 6.45) is 0.959.